The Bertz CT molecular complexity index is 1110. The van der Waals surface area contributed by atoms with Gasteiger partial charge in [0.2, 0.25) is 11.8 Å². The van der Waals surface area contributed by atoms with E-state index in [1.165, 1.54) is 12.1 Å². The third-order valence-electron chi connectivity index (χ3n) is 7.49. The first kappa shape index (κ1) is 27.6. The van der Waals surface area contributed by atoms with E-state index in [9.17, 15) is 18.8 Å². The number of benzene rings is 2. The van der Waals surface area contributed by atoms with E-state index in [4.69, 9.17) is 0 Å². The van der Waals surface area contributed by atoms with Gasteiger partial charge in [-0.2, -0.15) is 0 Å². The summed E-state index contributed by atoms with van der Waals surface area (Å²) in [6, 6.07) is 14.8. The Kier molecular flexibility index (Phi) is 8.99. The maximum Gasteiger partial charge on any atom is 0.334 e. The Morgan fingerprint density at radius 2 is 1.76 bits per heavy atom. The fourth-order valence-corrected chi connectivity index (χ4v) is 5.55. The van der Waals surface area contributed by atoms with Gasteiger partial charge in [-0.3, -0.25) is 9.59 Å². The minimum atomic E-state index is -0.623. The van der Waals surface area contributed by atoms with Crippen molar-refractivity contribution in [1.82, 2.24) is 25.1 Å². The number of likely N-dealkylation sites (N-methyl/N-ethyl adjacent to an activating group) is 1. The number of fused-ring (bicyclic) bond motifs is 1. The molecule has 4 amide bonds. The fourth-order valence-electron chi connectivity index (χ4n) is 5.55. The highest BCUT2D eigenvalue weighted by Gasteiger charge is 2.51. The maximum absolute atomic E-state index is 13.9. The summed E-state index contributed by atoms with van der Waals surface area (Å²) in [7, 11) is 0. The van der Waals surface area contributed by atoms with E-state index in [0.717, 1.165) is 24.0 Å². The number of carbonyl (C=O) groups is 3. The van der Waals surface area contributed by atoms with Crippen molar-refractivity contribution in [2.24, 2.45) is 0 Å². The van der Waals surface area contributed by atoms with Gasteiger partial charge in [-0.1, -0.05) is 76.1 Å². The quantitative estimate of drug-likeness (QED) is 0.532. The average Bonchev–Trinajstić information content (AvgIpc) is 2.93. The van der Waals surface area contributed by atoms with Gasteiger partial charge in [0.1, 0.15) is 18.0 Å². The second-order valence-electron chi connectivity index (χ2n) is 9.88. The van der Waals surface area contributed by atoms with E-state index in [1.54, 1.807) is 27.1 Å². The summed E-state index contributed by atoms with van der Waals surface area (Å²) >= 11 is 0. The molecule has 2 aromatic rings. The van der Waals surface area contributed by atoms with Gasteiger partial charge < -0.3 is 15.1 Å². The lowest BCUT2D eigenvalue weighted by atomic mass is 9.96. The summed E-state index contributed by atoms with van der Waals surface area (Å²) in [6.07, 6.45) is 2.34. The summed E-state index contributed by atoms with van der Waals surface area (Å²) in [5.74, 6) is -0.534. The topological polar surface area (TPSA) is 76.2 Å². The van der Waals surface area contributed by atoms with Gasteiger partial charge in [0, 0.05) is 13.1 Å². The second kappa shape index (κ2) is 12.4. The molecule has 0 spiro atoms. The highest BCUT2D eigenvalue weighted by Crippen LogP contribution is 2.34. The van der Waals surface area contributed by atoms with E-state index in [1.807, 2.05) is 42.2 Å². The lowest BCUT2D eigenvalue weighted by Crippen LogP contribution is -2.76. The van der Waals surface area contributed by atoms with Crippen LogP contribution in [-0.4, -0.2) is 69.5 Å². The van der Waals surface area contributed by atoms with Crippen molar-refractivity contribution < 1.29 is 18.8 Å². The van der Waals surface area contributed by atoms with Crippen molar-refractivity contribution >= 4 is 17.8 Å². The van der Waals surface area contributed by atoms with Crippen LogP contribution in [0.4, 0.5) is 9.18 Å². The Hall–Kier alpha value is -3.46. The van der Waals surface area contributed by atoms with E-state index >= 15 is 0 Å². The molecule has 2 aliphatic heterocycles. The van der Waals surface area contributed by atoms with Crippen molar-refractivity contribution in [1.29, 1.82) is 0 Å². The van der Waals surface area contributed by atoms with E-state index < -0.39 is 12.2 Å². The van der Waals surface area contributed by atoms with Crippen LogP contribution < -0.4 is 5.32 Å². The molecule has 0 bridgehead atoms. The number of hydrogen-bond donors (Lipinski definition) is 1. The molecule has 38 heavy (non-hydrogen) atoms. The summed E-state index contributed by atoms with van der Waals surface area (Å²) in [6.45, 7) is 6.95. The molecule has 1 N–H and O–H groups in total. The van der Waals surface area contributed by atoms with Gasteiger partial charge in [0.15, 0.2) is 0 Å². The van der Waals surface area contributed by atoms with Gasteiger partial charge >= 0.3 is 6.03 Å². The minimum absolute atomic E-state index is 0.0305. The number of rotatable bonds is 9. The lowest BCUT2D eigenvalue weighted by Gasteiger charge is -2.56. The first-order chi connectivity index (χ1) is 18.4. The van der Waals surface area contributed by atoms with Crippen LogP contribution in [0.5, 0.6) is 0 Å². The largest absolute Gasteiger partial charge is 0.334 e. The molecule has 0 unspecified atom stereocenters. The SMILES string of the molecule is CCCC[C@H]1C(=O)N([C@H](CC)c2ccccc2)C[C@H]2N1C(=O)CN(CC)N2C(=O)NCc1ccc(F)cc1. The standard InChI is InChI=1S/C29H38FN5O3/c1-4-7-13-25-28(37)33(24(5-2)22-11-9-8-10-12-22)19-26-34(25)27(36)20-32(6-3)35(26)29(38)31-18-21-14-16-23(30)17-15-21/h8-12,14-17,24-26H,4-7,13,18-20H2,1-3H3,(H,31,38)/t24-,25+,26+/m1/s1. The van der Waals surface area contributed by atoms with Gasteiger partial charge in [0.05, 0.1) is 19.1 Å². The molecule has 8 nitrogen and oxygen atoms in total. The zero-order chi connectivity index (χ0) is 27.2. The summed E-state index contributed by atoms with van der Waals surface area (Å²) in [4.78, 5) is 44.5. The molecule has 2 saturated heterocycles. The van der Waals surface area contributed by atoms with E-state index in [0.29, 0.717) is 19.4 Å². The van der Waals surface area contributed by atoms with Gasteiger partial charge in [0.25, 0.3) is 0 Å². The Morgan fingerprint density at radius 3 is 2.39 bits per heavy atom. The lowest BCUT2D eigenvalue weighted by molar-refractivity contribution is -0.192. The molecular weight excluding hydrogens is 485 g/mol. The molecule has 4 rings (SSSR count). The first-order valence-corrected chi connectivity index (χ1v) is 13.6. The molecule has 0 aromatic heterocycles. The summed E-state index contributed by atoms with van der Waals surface area (Å²) in [5.41, 5.74) is 1.80. The van der Waals surface area contributed by atoms with Crippen LogP contribution in [0.2, 0.25) is 0 Å². The number of carbonyl (C=O) groups excluding carboxylic acids is 3. The Morgan fingerprint density at radius 1 is 1.05 bits per heavy atom. The molecule has 2 heterocycles. The van der Waals surface area contributed by atoms with E-state index in [-0.39, 0.29) is 49.3 Å². The van der Waals surface area contributed by atoms with Gasteiger partial charge in [-0.15, -0.1) is 0 Å². The summed E-state index contributed by atoms with van der Waals surface area (Å²) < 4.78 is 13.3. The molecule has 9 heteroatoms. The molecule has 204 valence electrons. The zero-order valence-electron chi connectivity index (χ0n) is 22.5. The average molecular weight is 524 g/mol. The number of unbranched alkanes of at least 4 members (excludes halogenated alkanes) is 1. The summed E-state index contributed by atoms with van der Waals surface area (Å²) in [5, 5.41) is 6.30. The van der Waals surface area contributed by atoms with Crippen LogP contribution >= 0.6 is 0 Å². The zero-order valence-corrected chi connectivity index (χ0v) is 22.5. The predicted molar refractivity (Wildman–Crippen MR) is 143 cm³/mol. The second-order valence-corrected chi connectivity index (χ2v) is 9.88. The van der Waals surface area contributed by atoms with Crippen LogP contribution in [-0.2, 0) is 16.1 Å². The van der Waals surface area contributed by atoms with Crippen LogP contribution in [0.3, 0.4) is 0 Å². The highest BCUT2D eigenvalue weighted by molar-refractivity contribution is 5.91. The number of nitrogens with one attached hydrogen (secondary N) is 1. The Balaban J connectivity index is 1.67. The molecule has 0 saturated carbocycles. The van der Waals surface area contributed by atoms with Crippen LogP contribution in [0.15, 0.2) is 54.6 Å². The molecule has 3 atom stereocenters. The number of hydrazine groups is 1. The number of halogens is 1. The number of hydrogen-bond acceptors (Lipinski definition) is 4. The molecule has 2 aliphatic rings. The highest BCUT2D eigenvalue weighted by atomic mass is 19.1. The van der Waals surface area contributed by atoms with Crippen molar-refractivity contribution in [3.05, 3.63) is 71.5 Å². The number of amides is 4. The minimum Gasteiger partial charge on any atom is -0.333 e. The van der Waals surface area contributed by atoms with Crippen molar-refractivity contribution in [2.45, 2.75) is 71.2 Å². The smallest absolute Gasteiger partial charge is 0.333 e. The third-order valence-corrected chi connectivity index (χ3v) is 7.49. The van der Waals surface area contributed by atoms with Crippen molar-refractivity contribution in [3.63, 3.8) is 0 Å². The van der Waals surface area contributed by atoms with Crippen LogP contribution in [0.1, 0.15) is 63.6 Å². The molecule has 2 aromatic carbocycles. The predicted octanol–water partition coefficient (Wildman–Crippen LogP) is 4.29. The van der Waals surface area contributed by atoms with Gasteiger partial charge in [-0.25, -0.2) is 19.2 Å². The van der Waals surface area contributed by atoms with Crippen molar-refractivity contribution in [3.8, 4) is 0 Å². The van der Waals surface area contributed by atoms with Gasteiger partial charge in [-0.05, 0) is 36.1 Å². The molecule has 0 radical (unpaired) electrons. The number of urea groups is 1. The fraction of sp³-hybridized carbons (Fsp3) is 0.483. The molecule has 2 fully saturated rings. The van der Waals surface area contributed by atoms with Crippen molar-refractivity contribution in [2.75, 3.05) is 19.6 Å². The third kappa shape index (κ3) is 5.67. The first-order valence-electron chi connectivity index (χ1n) is 13.6. The Labute approximate surface area is 224 Å². The molecule has 0 aliphatic carbocycles. The van der Waals surface area contributed by atoms with Crippen LogP contribution in [0.25, 0.3) is 0 Å². The maximum atomic E-state index is 13.9. The monoisotopic (exact) mass is 523 g/mol. The number of nitrogens with zero attached hydrogens (tertiary/aromatic N) is 4. The normalized spacial score (nSPS) is 20.9. The van der Waals surface area contributed by atoms with Crippen LogP contribution in [0, 0.1) is 5.82 Å². The number of piperazine rings is 1. The molecular formula is C29H38FN5O3. The van der Waals surface area contributed by atoms with E-state index in [2.05, 4.69) is 19.2 Å².